The molecule has 1 saturated heterocycles. The van der Waals surface area contributed by atoms with E-state index in [-0.39, 0.29) is 12.1 Å². The molecule has 0 atom stereocenters. The van der Waals surface area contributed by atoms with Gasteiger partial charge in [-0.05, 0) is 13.0 Å². The molecule has 0 spiro atoms. The number of nitrogens with one attached hydrogen (secondary N) is 1. The lowest BCUT2D eigenvalue weighted by Gasteiger charge is -2.34. The Labute approximate surface area is 158 Å². The van der Waals surface area contributed by atoms with Crippen LogP contribution >= 0.6 is 0 Å². The van der Waals surface area contributed by atoms with Crippen LogP contribution in [0.25, 0.3) is 0 Å². The molecule has 3 heterocycles. The van der Waals surface area contributed by atoms with Gasteiger partial charge in [0.2, 0.25) is 0 Å². The van der Waals surface area contributed by atoms with Crippen molar-refractivity contribution in [2.75, 3.05) is 46.0 Å². The van der Waals surface area contributed by atoms with Gasteiger partial charge in [-0.2, -0.15) is 0 Å². The molecular weight excluding hydrogens is 350 g/mol. The molecule has 0 radical (unpaired) electrons. The molecule has 0 saturated carbocycles. The predicted octanol–water partition coefficient (Wildman–Crippen LogP) is 1.54. The second kappa shape index (κ2) is 7.54. The van der Waals surface area contributed by atoms with Gasteiger partial charge >= 0.3 is 12.1 Å². The number of benzene rings is 1. The second-order valence-electron chi connectivity index (χ2n) is 6.85. The average molecular weight is 375 g/mol. The zero-order valence-electron chi connectivity index (χ0n) is 15.6. The lowest BCUT2D eigenvalue weighted by atomic mass is 9.99. The van der Waals surface area contributed by atoms with Gasteiger partial charge in [0.15, 0.2) is 0 Å². The molecule has 27 heavy (non-hydrogen) atoms. The minimum Gasteiger partial charge on any atom is -0.493 e. The van der Waals surface area contributed by atoms with Crippen LogP contribution in [0.5, 0.6) is 11.5 Å². The van der Waals surface area contributed by atoms with Gasteiger partial charge in [0.05, 0.1) is 19.8 Å². The van der Waals surface area contributed by atoms with Crippen molar-refractivity contribution in [2.24, 2.45) is 0 Å². The summed E-state index contributed by atoms with van der Waals surface area (Å²) in [5, 5.41) is 3.01. The molecule has 1 fully saturated rings. The highest BCUT2D eigenvalue weighted by Gasteiger charge is 2.28. The first-order valence-electron chi connectivity index (χ1n) is 9.55. The van der Waals surface area contributed by atoms with Crippen molar-refractivity contribution >= 4 is 12.1 Å². The summed E-state index contributed by atoms with van der Waals surface area (Å²) >= 11 is 0. The molecule has 1 N–H and O–H groups in total. The first-order valence-corrected chi connectivity index (χ1v) is 9.55. The maximum absolute atomic E-state index is 12.6. The van der Waals surface area contributed by atoms with Gasteiger partial charge in [-0.3, -0.25) is 0 Å². The van der Waals surface area contributed by atoms with Crippen LogP contribution in [-0.4, -0.2) is 67.9 Å². The van der Waals surface area contributed by atoms with E-state index in [1.807, 2.05) is 0 Å². The largest absolute Gasteiger partial charge is 0.493 e. The standard InChI is InChI=1S/C19H25N3O5/c1-2-25-19(24)22-7-5-21(6-8-22)18(23)20-12-15-14-4-10-26-16(14)11-13-3-9-27-17(13)15/h11H,2-10,12H2,1H3,(H,20,23). The number of fused-ring (bicyclic) bond motifs is 2. The number of piperazine rings is 1. The number of hydrogen-bond acceptors (Lipinski definition) is 5. The molecule has 0 unspecified atom stereocenters. The van der Waals surface area contributed by atoms with Gasteiger partial charge in [0.25, 0.3) is 0 Å². The summed E-state index contributed by atoms with van der Waals surface area (Å²) in [5.74, 6) is 1.83. The van der Waals surface area contributed by atoms with Gasteiger partial charge in [0, 0.05) is 62.3 Å². The Morgan fingerprint density at radius 2 is 1.85 bits per heavy atom. The first-order chi connectivity index (χ1) is 13.2. The molecule has 1 aromatic carbocycles. The Morgan fingerprint density at radius 1 is 1.11 bits per heavy atom. The Bertz CT molecular complexity index is 711. The fourth-order valence-corrected chi connectivity index (χ4v) is 3.85. The summed E-state index contributed by atoms with van der Waals surface area (Å²) in [5.41, 5.74) is 3.34. The highest BCUT2D eigenvalue weighted by atomic mass is 16.6. The van der Waals surface area contributed by atoms with E-state index in [2.05, 4.69) is 11.4 Å². The van der Waals surface area contributed by atoms with E-state index in [0.717, 1.165) is 41.0 Å². The Morgan fingerprint density at radius 3 is 2.63 bits per heavy atom. The maximum atomic E-state index is 12.6. The highest BCUT2D eigenvalue weighted by molar-refractivity contribution is 5.75. The van der Waals surface area contributed by atoms with Gasteiger partial charge in [0.1, 0.15) is 11.5 Å². The van der Waals surface area contributed by atoms with Crippen molar-refractivity contribution in [3.05, 3.63) is 22.8 Å². The van der Waals surface area contributed by atoms with Crippen molar-refractivity contribution in [1.82, 2.24) is 15.1 Å². The van der Waals surface area contributed by atoms with Crippen molar-refractivity contribution in [3.8, 4) is 11.5 Å². The van der Waals surface area contributed by atoms with Gasteiger partial charge in [-0.15, -0.1) is 0 Å². The number of carbonyl (C=O) groups excluding carboxylic acids is 2. The molecule has 4 rings (SSSR count). The van der Waals surface area contributed by atoms with Crippen molar-refractivity contribution in [2.45, 2.75) is 26.3 Å². The van der Waals surface area contributed by atoms with Crippen molar-refractivity contribution < 1.29 is 23.8 Å². The molecule has 3 aliphatic heterocycles. The Kier molecular flexibility index (Phi) is 4.96. The van der Waals surface area contributed by atoms with Gasteiger partial charge in [-0.1, -0.05) is 0 Å². The summed E-state index contributed by atoms with van der Waals surface area (Å²) in [6.07, 6.45) is 1.41. The fraction of sp³-hybridized carbons (Fsp3) is 0.579. The van der Waals surface area contributed by atoms with E-state index in [1.165, 1.54) is 0 Å². The van der Waals surface area contributed by atoms with E-state index in [1.54, 1.807) is 16.7 Å². The maximum Gasteiger partial charge on any atom is 0.409 e. The minimum atomic E-state index is -0.315. The fourth-order valence-electron chi connectivity index (χ4n) is 3.85. The molecule has 8 heteroatoms. The third kappa shape index (κ3) is 3.48. The molecule has 1 aromatic rings. The molecule has 3 amide bonds. The van der Waals surface area contributed by atoms with Crippen LogP contribution in [0, 0.1) is 0 Å². The molecule has 8 nitrogen and oxygen atoms in total. The van der Waals surface area contributed by atoms with Crippen LogP contribution in [0.1, 0.15) is 23.6 Å². The second-order valence-corrected chi connectivity index (χ2v) is 6.85. The predicted molar refractivity (Wildman–Crippen MR) is 97.2 cm³/mol. The van der Waals surface area contributed by atoms with Crippen molar-refractivity contribution in [1.29, 1.82) is 0 Å². The molecule has 3 aliphatic rings. The van der Waals surface area contributed by atoms with E-state index < -0.39 is 0 Å². The quantitative estimate of drug-likeness (QED) is 0.867. The third-order valence-electron chi connectivity index (χ3n) is 5.27. The topological polar surface area (TPSA) is 80.3 Å². The van der Waals surface area contributed by atoms with E-state index in [9.17, 15) is 9.59 Å². The molecule has 146 valence electrons. The number of rotatable bonds is 3. The molecule has 0 aliphatic carbocycles. The van der Waals surface area contributed by atoms with Crippen LogP contribution in [0.4, 0.5) is 9.59 Å². The smallest absolute Gasteiger partial charge is 0.409 e. The van der Waals surface area contributed by atoms with Crippen LogP contribution in [0.2, 0.25) is 0 Å². The Balaban J connectivity index is 1.36. The highest BCUT2D eigenvalue weighted by Crippen LogP contribution is 2.40. The number of nitrogens with zero attached hydrogens (tertiary/aromatic N) is 2. The number of ether oxygens (including phenoxy) is 3. The summed E-state index contributed by atoms with van der Waals surface area (Å²) in [4.78, 5) is 27.7. The lowest BCUT2D eigenvalue weighted by Crippen LogP contribution is -2.53. The van der Waals surface area contributed by atoms with E-state index in [4.69, 9.17) is 14.2 Å². The van der Waals surface area contributed by atoms with Gasteiger partial charge in [-0.25, -0.2) is 9.59 Å². The van der Waals surface area contributed by atoms with Crippen LogP contribution in [-0.2, 0) is 24.1 Å². The third-order valence-corrected chi connectivity index (χ3v) is 5.27. The number of amides is 3. The zero-order chi connectivity index (χ0) is 18.8. The number of urea groups is 1. The summed E-state index contributed by atoms with van der Waals surface area (Å²) < 4.78 is 16.5. The minimum absolute atomic E-state index is 0.123. The monoisotopic (exact) mass is 375 g/mol. The van der Waals surface area contributed by atoms with Gasteiger partial charge < -0.3 is 29.3 Å². The molecule has 0 bridgehead atoms. The van der Waals surface area contributed by atoms with Crippen molar-refractivity contribution in [3.63, 3.8) is 0 Å². The van der Waals surface area contributed by atoms with Crippen LogP contribution < -0.4 is 14.8 Å². The van der Waals surface area contributed by atoms with E-state index >= 15 is 0 Å². The zero-order valence-corrected chi connectivity index (χ0v) is 15.6. The van der Waals surface area contributed by atoms with Crippen LogP contribution in [0.3, 0.4) is 0 Å². The normalized spacial score (nSPS) is 17.7. The summed E-state index contributed by atoms with van der Waals surface area (Å²) in [6.45, 7) is 5.88. The molecule has 0 aromatic heterocycles. The average Bonchev–Trinajstić information content (AvgIpc) is 3.34. The summed E-state index contributed by atoms with van der Waals surface area (Å²) in [6, 6.07) is 1.95. The Hall–Kier alpha value is -2.64. The number of hydrogen-bond donors (Lipinski definition) is 1. The van der Waals surface area contributed by atoms with E-state index in [0.29, 0.717) is 52.5 Å². The first kappa shape index (κ1) is 17.8. The summed E-state index contributed by atoms with van der Waals surface area (Å²) in [7, 11) is 0. The lowest BCUT2D eigenvalue weighted by molar-refractivity contribution is 0.0851. The number of carbonyl (C=O) groups is 2. The van der Waals surface area contributed by atoms with Crippen LogP contribution in [0.15, 0.2) is 6.07 Å². The SMILES string of the molecule is CCOC(=O)N1CCN(C(=O)NCc2c3c(cc4c2OCC4)OCC3)CC1. The molecular formula is C19H25N3O5.